The molecule has 0 saturated carbocycles. The van der Waals surface area contributed by atoms with E-state index in [1.807, 2.05) is 7.05 Å². The van der Waals surface area contributed by atoms with Crippen LogP contribution in [0.4, 0.5) is 0 Å². The van der Waals surface area contributed by atoms with Crippen LogP contribution in [-0.4, -0.2) is 64.3 Å². The molecule has 0 aromatic carbocycles. The fraction of sp³-hybridized carbons (Fsp3) is 0.941. The first kappa shape index (κ1) is 22.9. The first-order chi connectivity index (χ1) is 10.4. The predicted molar refractivity (Wildman–Crippen MR) is 110 cm³/mol. The van der Waals surface area contributed by atoms with Crippen molar-refractivity contribution in [1.29, 1.82) is 0 Å². The highest BCUT2D eigenvalue weighted by Gasteiger charge is 2.24. The van der Waals surface area contributed by atoms with E-state index < -0.39 is 0 Å². The van der Waals surface area contributed by atoms with Crippen LogP contribution in [-0.2, 0) is 4.74 Å². The maximum Gasteiger partial charge on any atom is 0.191 e. The number of aliphatic imine (C=N–C) groups is 1. The summed E-state index contributed by atoms with van der Waals surface area (Å²) in [5, 5.41) is 6.81. The Morgan fingerprint density at radius 2 is 1.87 bits per heavy atom. The molecule has 6 heteroatoms. The van der Waals surface area contributed by atoms with Gasteiger partial charge in [0.1, 0.15) is 0 Å². The van der Waals surface area contributed by atoms with Gasteiger partial charge in [0, 0.05) is 27.2 Å². The zero-order valence-corrected chi connectivity index (χ0v) is 18.1. The SMILES string of the molecule is CN=C(NCCC1CCN(C)CC1)NCC(OC)C(C)(C)C.I. The van der Waals surface area contributed by atoms with Crippen molar-refractivity contribution in [2.75, 3.05) is 47.4 Å². The van der Waals surface area contributed by atoms with E-state index in [4.69, 9.17) is 4.74 Å². The molecule has 1 aliphatic heterocycles. The summed E-state index contributed by atoms with van der Waals surface area (Å²) in [4.78, 5) is 6.72. The second kappa shape index (κ2) is 11.5. The number of piperidine rings is 1. The summed E-state index contributed by atoms with van der Waals surface area (Å²) in [5.74, 6) is 1.72. The van der Waals surface area contributed by atoms with Crippen molar-refractivity contribution in [1.82, 2.24) is 15.5 Å². The van der Waals surface area contributed by atoms with Crippen LogP contribution in [0.3, 0.4) is 0 Å². The number of guanidine groups is 1. The molecule has 0 aliphatic carbocycles. The second-order valence-corrected chi connectivity index (χ2v) is 7.51. The Kier molecular flexibility index (Phi) is 11.4. The number of halogens is 1. The van der Waals surface area contributed by atoms with Gasteiger partial charge in [-0.25, -0.2) is 0 Å². The summed E-state index contributed by atoms with van der Waals surface area (Å²) >= 11 is 0. The molecule has 1 unspecified atom stereocenters. The molecule has 0 aromatic rings. The normalized spacial score (nSPS) is 19.1. The smallest absolute Gasteiger partial charge is 0.191 e. The third kappa shape index (κ3) is 9.10. The van der Waals surface area contributed by atoms with Gasteiger partial charge in [-0.2, -0.15) is 0 Å². The molecular weight excluding hydrogens is 403 g/mol. The lowest BCUT2D eigenvalue weighted by molar-refractivity contribution is 0.0205. The molecule has 1 rings (SSSR count). The molecule has 0 radical (unpaired) electrons. The molecule has 0 bridgehead atoms. The van der Waals surface area contributed by atoms with Gasteiger partial charge in [-0.1, -0.05) is 20.8 Å². The molecule has 0 aromatic heterocycles. The number of methoxy groups -OCH3 is 1. The summed E-state index contributed by atoms with van der Waals surface area (Å²) in [6.07, 6.45) is 4.03. The zero-order valence-electron chi connectivity index (χ0n) is 15.8. The minimum Gasteiger partial charge on any atom is -0.379 e. The Hall–Kier alpha value is -0.0800. The third-order valence-electron chi connectivity index (χ3n) is 4.61. The fourth-order valence-electron chi connectivity index (χ4n) is 2.90. The molecule has 0 amide bonds. The maximum absolute atomic E-state index is 5.57. The molecule has 1 aliphatic rings. The van der Waals surface area contributed by atoms with E-state index in [0.29, 0.717) is 0 Å². The Bertz CT molecular complexity index is 336. The molecule has 1 atom stereocenters. The largest absolute Gasteiger partial charge is 0.379 e. The lowest BCUT2D eigenvalue weighted by Crippen LogP contribution is -2.45. The Morgan fingerprint density at radius 3 is 2.35 bits per heavy atom. The van der Waals surface area contributed by atoms with Crippen molar-refractivity contribution < 1.29 is 4.74 Å². The fourth-order valence-corrected chi connectivity index (χ4v) is 2.90. The molecule has 23 heavy (non-hydrogen) atoms. The van der Waals surface area contributed by atoms with Crippen molar-refractivity contribution in [2.24, 2.45) is 16.3 Å². The first-order valence-corrected chi connectivity index (χ1v) is 8.52. The van der Waals surface area contributed by atoms with Gasteiger partial charge in [0.15, 0.2) is 5.96 Å². The predicted octanol–water partition coefficient (Wildman–Crippen LogP) is 2.56. The van der Waals surface area contributed by atoms with E-state index in [-0.39, 0.29) is 35.5 Å². The van der Waals surface area contributed by atoms with Gasteiger partial charge in [0.2, 0.25) is 0 Å². The quantitative estimate of drug-likeness (QED) is 0.379. The van der Waals surface area contributed by atoms with Crippen LogP contribution < -0.4 is 10.6 Å². The van der Waals surface area contributed by atoms with Crippen molar-refractivity contribution >= 4 is 29.9 Å². The van der Waals surface area contributed by atoms with Crippen molar-refractivity contribution in [3.63, 3.8) is 0 Å². The maximum atomic E-state index is 5.57. The number of ether oxygens (including phenoxy) is 1. The van der Waals surface area contributed by atoms with Crippen LogP contribution in [0.1, 0.15) is 40.0 Å². The molecule has 1 heterocycles. The van der Waals surface area contributed by atoms with E-state index in [1.54, 1.807) is 7.11 Å². The van der Waals surface area contributed by atoms with Gasteiger partial charge < -0.3 is 20.3 Å². The minimum absolute atomic E-state index is 0. The molecule has 138 valence electrons. The molecule has 1 saturated heterocycles. The summed E-state index contributed by atoms with van der Waals surface area (Å²) in [6, 6.07) is 0. The van der Waals surface area contributed by atoms with E-state index in [9.17, 15) is 0 Å². The standard InChI is InChI=1S/C17H36N4O.HI/c1-17(2,3)15(22-6)13-20-16(18-4)19-10-7-14-8-11-21(5)12-9-14;/h14-15H,7-13H2,1-6H3,(H2,18,19,20);1H. The second-order valence-electron chi connectivity index (χ2n) is 7.51. The highest BCUT2D eigenvalue weighted by Crippen LogP contribution is 2.21. The van der Waals surface area contributed by atoms with Gasteiger partial charge in [-0.15, -0.1) is 24.0 Å². The summed E-state index contributed by atoms with van der Waals surface area (Å²) in [6.45, 7) is 10.8. The van der Waals surface area contributed by atoms with Crippen LogP contribution in [0.15, 0.2) is 4.99 Å². The summed E-state index contributed by atoms with van der Waals surface area (Å²) in [7, 11) is 5.80. The average molecular weight is 440 g/mol. The first-order valence-electron chi connectivity index (χ1n) is 8.52. The number of hydrogen-bond donors (Lipinski definition) is 2. The summed E-state index contributed by atoms with van der Waals surface area (Å²) < 4.78 is 5.57. The van der Waals surface area contributed by atoms with Gasteiger partial charge >= 0.3 is 0 Å². The van der Waals surface area contributed by atoms with Gasteiger partial charge in [-0.3, -0.25) is 4.99 Å². The number of nitrogens with zero attached hydrogens (tertiary/aromatic N) is 2. The van der Waals surface area contributed by atoms with E-state index in [2.05, 4.69) is 48.3 Å². The van der Waals surface area contributed by atoms with E-state index in [1.165, 1.54) is 32.4 Å². The van der Waals surface area contributed by atoms with E-state index >= 15 is 0 Å². The van der Waals surface area contributed by atoms with Gasteiger partial charge in [0.25, 0.3) is 0 Å². The third-order valence-corrected chi connectivity index (χ3v) is 4.61. The highest BCUT2D eigenvalue weighted by molar-refractivity contribution is 14.0. The van der Waals surface area contributed by atoms with Crippen LogP contribution in [0, 0.1) is 11.3 Å². The van der Waals surface area contributed by atoms with Crippen LogP contribution in [0.5, 0.6) is 0 Å². The highest BCUT2D eigenvalue weighted by atomic mass is 127. The van der Waals surface area contributed by atoms with Gasteiger partial charge in [0.05, 0.1) is 6.10 Å². The lowest BCUT2D eigenvalue weighted by atomic mass is 9.89. The number of likely N-dealkylation sites (tertiary alicyclic amines) is 1. The van der Waals surface area contributed by atoms with Crippen molar-refractivity contribution in [2.45, 2.75) is 46.1 Å². The van der Waals surface area contributed by atoms with E-state index in [0.717, 1.165) is 25.0 Å². The van der Waals surface area contributed by atoms with Gasteiger partial charge in [-0.05, 0) is 50.7 Å². The number of nitrogens with one attached hydrogen (secondary N) is 2. The van der Waals surface area contributed by atoms with Crippen LogP contribution in [0.25, 0.3) is 0 Å². The topological polar surface area (TPSA) is 48.9 Å². The Morgan fingerprint density at radius 1 is 1.26 bits per heavy atom. The van der Waals surface area contributed by atoms with Crippen molar-refractivity contribution in [3.8, 4) is 0 Å². The molecule has 0 spiro atoms. The molecule has 2 N–H and O–H groups in total. The average Bonchev–Trinajstić information content (AvgIpc) is 2.46. The Balaban J connectivity index is 0.00000484. The van der Waals surface area contributed by atoms with Crippen LogP contribution >= 0.6 is 24.0 Å². The monoisotopic (exact) mass is 440 g/mol. The van der Waals surface area contributed by atoms with Crippen LogP contribution in [0.2, 0.25) is 0 Å². The number of rotatable bonds is 6. The van der Waals surface area contributed by atoms with Crippen molar-refractivity contribution in [3.05, 3.63) is 0 Å². The lowest BCUT2D eigenvalue weighted by Gasteiger charge is -2.30. The Labute approximate surface area is 160 Å². The number of hydrogen-bond acceptors (Lipinski definition) is 3. The minimum atomic E-state index is 0. The molecular formula is C17H37IN4O. The zero-order chi connectivity index (χ0) is 16.6. The molecule has 1 fully saturated rings. The molecule has 5 nitrogen and oxygen atoms in total. The summed E-state index contributed by atoms with van der Waals surface area (Å²) in [5.41, 5.74) is 0.120.